The van der Waals surface area contributed by atoms with Crippen LogP contribution in [-0.4, -0.2) is 23.0 Å². The fraction of sp³-hybridized carbons (Fsp3) is 0.533. The minimum absolute atomic E-state index is 0.0231. The predicted molar refractivity (Wildman–Crippen MR) is 79.8 cm³/mol. The number of hydrogen-bond acceptors (Lipinski definition) is 1. The summed E-state index contributed by atoms with van der Waals surface area (Å²) in [5, 5.41) is 3.66. The van der Waals surface area contributed by atoms with E-state index in [1.807, 2.05) is 30.0 Å². The summed E-state index contributed by atoms with van der Waals surface area (Å²) < 4.78 is 0. The monoisotopic (exact) mass is 280 g/mol. The molecule has 1 fully saturated rings. The molecule has 0 spiro atoms. The predicted octanol–water partition coefficient (Wildman–Crippen LogP) is 4.44. The van der Waals surface area contributed by atoms with Crippen molar-refractivity contribution in [2.24, 2.45) is 0 Å². The number of nitrogens with zero attached hydrogens (tertiary/aromatic N) is 1. The zero-order valence-electron chi connectivity index (χ0n) is 11.7. The van der Waals surface area contributed by atoms with Gasteiger partial charge >= 0.3 is 6.03 Å². The van der Waals surface area contributed by atoms with Gasteiger partial charge in [-0.05, 0) is 57.7 Å². The van der Waals surface area contributed by atoms with Gasteiger partial charge in [-0.3, -0.25) is 0 Å². The Hall–Kier alpha value is -1.22. The van der Waals surface area contributed by atoms with Gasteiger partial charge in [-0.25, -0.2) is 4.79 Å². The number of amides is 2. The lowest BCUT2D eigenvalue weighted by Crippen LogP contribution is -2.49. The molecule has 0 saturated carbocycles. The van der Waals surface area contributed by atoms with Crippen LogP contribution >= 0.6 is 11.6 Å². The molecule has 1 aromatic rings. The van der Waals surface area contributed by atoms with Crippen molar-refractivity contribution >= 4 is 23.3 Å². The Kier molecular flexibility index (Phi) is 4.35. The highest BCUT2D eigenvalue weighted by Gasteiger charge is 2.29. The summed E-state index contributed by atoms with van der Waals surface area (Å²) in [6, 6.07) is 6.14. The minimum atomic E-state index is -0.0231. The van der Waals surface area contributed by atoms with Crippen LogP contribution in [0.1, 0.15) is 38.7 Å². The quantitative estimate of drug-likeness (QED) is 0.810. The lowest BCUT2D eigenvalue weighted by molar-refractivity contribution is 0.133. The van der Waals surface area contributed by atoms with E-state index in [1.165, 1.54) is 6.42 Å². The van der Waals surface area contributed by atoms with Gasteiger partial charge < -0.3 is 10.2 Å². The van der Waals surface area contributed by atoms with Crippen LogP contribution in [0.4, 0.5) is 10.5 Å². The summed E-state index contributed by atoms with van der Waals surface area (Å²) in [7, 11) is 0. The molecule has 1 aromatic carbocycles. The molecular formula is C15H21ClN2O. The van der Waals surface area contributed by atoms with E-state index in [-0.39, 0.29) is 6.03 Å². The molecule has 1 aliphatic rings. The van der Waals surface area contributed by atoms with E-state index in [1.54, 1.807) is 0 Å². The molecule has 2 amide bonds. The highest BCUT2D eigenvalue weighted by molar-refractivity contribution is 6.31. The molecule has 1 aliphatic heterocycles. The zero-order valence-corrected chi connectivity index (χ0v) is 12.5. The van der Waals surface area contributed by atoms with E-state index >= 15 is 0 Å². The lowest BCUT2D eigenvalue weighted by atomic mass is 9.98. The molecule has 0 aromatic heterocycles. The molecule has 2 atom stereocenters. The summed E-state index contributed by atoms with van der Waals surface area (Å²) >= 11 is 6.08. The topological polar surface area (TPSA) is 32.3 Å². The summed E-state index contributed by atoms with van der Waals surface area (Å²) in [4.78, 5) is 14.4. The van der Waals surface area contributed by atoms with Gasteiger partial charge in [0.05, 0.1) is 0 Å². The summed E-state index contributed by atoms with van der Waals surface area (Å²) in [5.74, 6) is 0. The number of benzene rings is 1. The summed E-state index contributed by atoms with van der Waals surface area (Å²) in [5.41, 5.74) is 1.71. The maximum absolute atomic E-state index is 12.4. The number of rotatable bonds is 1. The minimum Gasteiger partial charge on any atom is -0.319 e. The maximum Gasteiger partial charge on any atom is 0.322 e. The van der Waals surface area contributed by atoms with Crippen molar-refractivity contribution in [3.8, 4) is 0 Å². The van der Waals surface area contributed by atoms with E-state index in [9.17, 15) is 4.79 Å². The van der Waals surface area contributed by atoms with Crippen molar-refractivity contribution in [3.05, 3.63) is 28.8 Å². The van der Waals surface area contributed by atoms with Gasteiger partial charge in [0, 0.05) is 22.8 Å². The zero-order chi connectivity index (χ0) is 14.0. The Balaban J connectivity index is 2.14. The number of piperidine rings is 1. The van der Waals surface area contributed by atoms with Crippen LogP contribution in [0.5, 0.6) is 0 Å². The van der Waals surface area contributed by atoms with Gasteiger partial charge in [0.2, 0.25) is 0 Å². The van der Waals surface area contributed by atoms with E-state index in [0.717, 1.165) is 24.1 Å². The van der Waals surface area contributed by atoms with Gasteiger partial charge in [-0.1, -0.05) is 17.7 Å². The van der Waals surface area contributed by atoms with Crippen LogP contribution < -0.4 is 5.32 Å². The van der Waals surface area contributed by atoms with Gasteiger partial charge in [-0.2, -0.15) is 0 Å². The third kappa shape index (κ3) is 3.03. The first-order chi connectivity index (χ1) is 9.00. The molecule has 104 valence electrons. The molecular weight excluding hydrogens is 260 g/mol. The highest BCUT2D eigenvalue weighted by atomic mass is 35.5. The number of urea groups is 1. The van der Waals surface area contributed by atoms with Crippen molar-refractivity contribution in [1.82, 2.24) is 4.90 Å². The van der Waals surface area contributed by atoms with Gasteiger partial charge in [0.15, 0.2) is 0 Å². The average molecular weight is 281 g/mol. The van der Waals surface area contributed by atoms with Crippen molar-refractivity contribution < 1.29 is 4.79 Å². The smallest absolute Gasteiger partial charge is 0.319 e. The number of hydrogen-bond donors (Lipinski definition) is 1. The Morgan fingerprint density at radius 1 is 1.32 bits per heavy atom. The number of likely N-dealkylation sites (tertiary alicyclic amines) is 1. The Morgan fingerprint density at radius 2 is 1.95 bits per heavy atom. The third-order valence-electron chi connectivity index (χ3n) is 3.94. The normalized spacial score (nSPS) is 23.3. The molecule has 0 bridgehead atoms. The Bertz CT molecular complexity index is 465. The fourth-order valence-electron chi connectivity index (χ4n) is 2.74. The van der Waals surface area contributed by atoms with E-state index in [2.05, 4.69) is 19.2 Å². The van der Waals surface area contributed by atoms with Crippen LogP contribution in [-0.2, 0) is 0 Å². The second kappa shape index (κ2) is 5.83. The van der Waals surface area contributed by atoms with Crippen LogP contribution in [0.15, 0.2) is 18.2 Å². The lowest BCUT2D eigenvalue weighted by Gasteiger charge is -2.39. The SMILES string of the molecule is Cc1c(Cl)cccc1NC(=O)N1[C@H](C)CCC[C@@H]1C. The van der Waals surface area contributed by atoms with Gasteiger partial charge in [0.1, 0.15) is 0 Å². The first-order valence-electron chi connectivity index (χ1n) is 6.85. The van der Waals surface area contributed by atoms with Crippen molar-refractivity contribution in [2.45, 2.75) is 52.1 Å². The van der Waals surface area contributed by atoms with Crippen molar-refractivity contribution in [2.75, 3.05) is 5.32 Å². The standard InChI is InChI=1S/C15H21ClN2O/c1-10-6-4-7-11(2)18(10)15(19)17-14-9-5-8-13(16)12(14)3/h5,8-11H,4,6-7H2,1-3H3,(H,17,19)/t10-,11+. The molecule has 2 rings (SSSR count). The molecule has 3 nitrogen and oxygen atoms in total. The molecule has 1 N–H and O–H groups in total. The second-order valence-corrected chi connectivity index (χ2v) is 5.79. The van der Waals surface area contributed by atoms with Gasteiger partial charge in [0.25, 0.3) is 0 Å². The van der Waals surface area contributed by atoms with Crippen LogP contribution in [0.2, 0.25) is 5.02 Å². The maximum atomic E-state index is 12.4. The molecule has 4 heteroatoms. The Labute approximate surface area is 119 Å². The van der Waals surface area contributed by atoms with Crippen molar-refractivity contribution in [1.29, 1.82) is 0 Å². The Morgan fingerprint density at radius 3 is 2.58 bits per heavy atom. The number of anilines is 1. The molecule has 1 heterocycles. The number of nitrogens with one attached hydrogen (secondary N) is 1. The largest absolute Gasteiger partial charge is 0.322 e. The molecule has 0 unspecified atom stereocenters. The first kappa shape index (κ1) is 14.2. The highest BCUT2D eigenvalue weighted by Crippen LogP contribution is 2.26. The fourth-order valence-corrected chi connectivity index (χ4v) is 2.92. The van der Waals surface area contributed by atoms with Crippen LogP contribution in [0.25, 0.3) is 0 Å². The number of carbonyl (C=O) groups is 1. The van der Waals surface area contributed by atoms with Crippen LogP contribution in [0, 0.1) is 6.92 Å². The number of halogens is 1. The second-order valence-electron chi connectivity index (χ2n) is 5.38. The molecule has 1 saturated heterocycles. The first-order valence-corrected chi connectivity index (χ1v) is 7.23. The molecule has 0 radical (unpaired) electrons. The van der Waals surface area contributed by atoms with Crippen molar-refractivity contribution in [3.63, 3.8) is 0 Å². The molecule has 0 aliphatic carbocycles. The number of carbonyl (C=O) groups excluding carboxylic acids is 1. The summed E-state index contributed by atoms with van der Waals surface area (Å²) in [6.45, 7) is 6.14. The molecule has 19 heavy (non-hydrogen) atoms. The van der Waals surface area contributed by atoms with Gasteiger partial charge in [-0.15, -0.1) is 0 Å². The van der Waals surface area contributed by atoms with E-state index in [0.29, 0.717) is 17.1 Å². The average Bonchev–Trinajstić information content (AvgIpc) is 2.35. The van der Waals surface area contributed by atoms with Crippen LogP contribution in [0.3, 0.4) is 0 Å². The third-order valence-corrected chi connectivity index (χ3v) is 4.35. The van der Waals surface area contributed by atoms with E-state index in [4.69, 9.17) is 11.6 Å². The van der Waals surface area contributed by atoms with E-state index < -0.39 is 0 Å². The summed E-state index contributed by atoms with van der Waals surface area (Å²) in [6.07, 6.45) is 3.35.